The number of aliphatic hydroxyl groups is 1. The van der Waals surface area contributed by atoms with Gasteiger partial charge < -0.3 is 5.11 Å². The molecule has 2 heterocycles. The lowest BCUT2D eigenvalue weighted by atomic mass is 10.3. The van der Waals surface area contributed by atoms with Gasteiger partial charge in [0, 0.05) is 16.9 Å². The Morgan fingerprint density at radius 2 is 2.44 bits per heavy atom. The van der Waals surface area contributed by atoms with Crippen LogP contribution in [0.3, 0.4) is 0 Å². The highest BCUT2D eigenvalue weighted by Crippen LogP contribution is 2.16. The maximum Gasteiger partial charge on any atom is 0.258 e. The van der Waals surface area contributed by atoms with Crippen LogP contribution in [0.4, 0.5) is 5.13 Å². The first kappa shape index (κ1) is 12.7. The Balaban J connectivity index is 2.07. The summed E-state index contributed by atoms with van der Waals surface area (Å²) >= 11 is 2.50. The zero-order valence-corrected chi connectivity index (χ0v) is 11.1. The van der Waals surface area contributed by atoms with Crippen molar-refractivity contribution in [3.05, 3.63) is 27.7 Å². The Labute approximate surface area is 112 Å². The molecule has 5 nitrogen and oxygen atoms in total. The summed E-state index contributed by atoms with van der Waals surface area (Å²) in [7, 11) is 0. The van der Waals surface area contributed by atoms with Gasteiger partial charge in [-0.15, -0.1) is 11.3 Å². The second-order valence-electron chi connectivity index (χ2n) is 3.26. The molecule has 2 aromatic rings. The number of amides is 1. The third-order valence-corrected chi connectivity index (χ3v) is 3.47. The van der Waals surface area contributed by atoms with E-state index in [0.717, 1.165) is 16.4 Å². The number of aromatic nitrogens is 2. The Hall–Kier alpha value is -1.75. The number of anilines is 1. The van der Waals surface area contributed by atoms with E-state index in [0.29, 0.717) is 16.5 Å². The monoisotopic (exact) mass is 279 g/mol. The van der Waals surface area contributed by atoms with Crippen molar-refractivity contribution >= 4 is 33.9 Å². The fourth-order valence-electron chi connectivity index (χ4n) is 1.16. The van der Waals surface area contributed by atoms with E-state index >= 15 is 0 Å². The fourth-order valence-corrected chi connectivity index (χ4v) is 2.49. The predicted molar refractivity (Wildman–Crippen MR) is 70.9 cm³/mol. The summed E-state index contributed by atoms with van der Waals surface area (Å²) in [6.07, 6.45) is 0. The predicted octanol–water partition coefficient (Wildman–Crippen LogP) is 1.50. The molecule has 0 aliphatic rings. The molecule has 18 heavy (non-hydrogen) atoms. The Morgan fingerprint density at radius 3 is 3.11 bits per heavy atom. The van der Waals surface area contributed by atoms with Gasteiger partial charge in [0.05, 0.1) is 10.4 Å². The van der Waals surface area contributed by atoms with Gasteiger partial charge in [-0.2, -0.15) is 4.37 Å². The zero-order chi connectivity index (χ0) is 13.0. The molecule has 0 unspecified atom stereocenters. The Bertz CT molecular complexity index is 622. The third-order valence-electron chi connectivity index (χ3n) is 1.90. The molecular formula is C11H9N3O2S2. The summed E-state index contributed by atoms with van der Waals surface area (Å²) in [6.45, 7) is 1.57. The largest absolute Gasteiger partial charge is 0.384 e. The number of thiophene rings is 1. The van der Waals surface area contributed by atoms with E-state index in [1.165, 1.54) is 11.3 Å². The molecule has 7 heteroatoms. The normalized spacial score (nSPS) is 9.67. The second kappa shape index (κ2) is 5.73. The fraction of sp³-hybridized carbons (Fsp3) is 0.182. The Morgan fingerprint density at radius 1 is 1.61 bits per heavy atom. The standard InChI is InChI=1S/C11H9N3O2S2/c1-7-12-11(18-14-7)13-10(16)8-5-9(17-6-8)3-2-4-15/h5-6,15H,4H2,1H3,(H,12,13,14,16). The first-order valence-corrected chi connectivity index (χ1v) is 6.64. The number of hydrogen-bond donors (Lipinski definition) is 2. The van der Waals surface area contributed by atoms with Crippen LogP contribution in [0.2, 0.25) is 0 Å². The summed E-state index contributed by atoms with van der Waals surface area (Å²) in [6, 6.07) is 1.68. The molecule has 92 valence electrons. The van der Waals surface area contributed by atoms with E-state index in [2.05, 4.69) is 26.5 Å². The molecule has 0 fully saturated rings. The van der Waals surface area contributed by atoms with Crippen LogP contribution in [0.25, 0.3) is 0 Å². The molecule has 2 rings (SSSR count). The summed E-state index contributed by atoms with van der Waals surface area (Å²) in [5.74, 6) is 5.68. The summed E-state index contributed by atoms with van der Waals surface area (Å²) in [5.41, 5.74) is 0.523. The van der Waals surface area contributed by atoms with E-state index in [-0.39, 0.29) is 12.5 Å². The molecule has 0 saturated carbocycles. The molecular weight excluding hydrogens is 270 g/mol. The van der Waals surface area contributed by atoms with Crippen LogP contribution in [-0.4, -0.2) is 27.0 Å². The number of aryl methyl sites for hydroxylation is 1. The number of carbonyl (C=O) groups excluding carboxylic acids is 1. The van der Waals surface area contributed by atoms with Crippen molar-refractivity contribution in [3.8, 4) is 11.8 Å². The molecule has 2 aromatic heterocycles. The van der Waals surface area contributed by atoms with Crippen molar-refractivity contribution < 1.29 is 9.90 Å². The van der Waals surface area contributed by atoms with E-state index in [9.17, 15) is 4.79 Å². The van der Waals surface area contributed by atoms with Crippen molar-refractivity contribution in [3.63, 3.8) is 0 Å². The smallest absolute Gasteiger partial charge is 0.258 e. The van der Waals surface area contributed by atoms with Crippen LogP contribution in [-0.2, 0) is 0 Å². The number of nitrogens with zero attached hydrogens (tertiary/aromatic N) is 2. The number of rotatable bonds is 2. The maximum absolute atomic E-state index is 11.8. The SMILES string of the molecule is Cc1nsc(NC(=O)c2csc(C#CCO)c2)n1. The quantitative estimate of drug-likeness (QED) is 0.817. The lowest BCUT2D eigenvalue weighted by Crippen LogP contribution is -2.10. The van der Waals surface area contributed by atoms with Crippen molar-refractivity contribution in [2.75, 3.05) is 11.9 Å². The van der Waals surface area contributed by atoms with Gasteiger partial charge in [-0.1, -0.05) is 11.8 Å². The van der Waals surface area contributed by atoms with E-state index < -0.39 is 0 Å². The van der Waals surface area contributed by atoms with Crippen LogP contribution in [0.5, 0.6) is 0 Å². The van der Waals surface area contributed by atoms with Gasteiger partial charge in [-0.05, 0) is 13.0 Å². The van der Waals surface area contributed by atoms with Gasteiger partial charge in [0.2, 0.25) is 5.13 Å². The number of carbonyl (C=O) groups is 1. The number of aliphatic hydroxyl groups excluding tert-OH is 1. The minimum absolute atomic E-state index is 0.191. The number of nitrogens with one attached hydrogen (secondary N) is 1. The van der Waals surface area contributed by atoms with Crippen LogP contribution in [0, 0.1) is 18.8 Å². The lowest BCUT2D eigenvalue weighted by Gasteiger charge is -1.96. The van der Waals surface area contributed by atoms with Crippen LogP contribution < -0.4 is 5.32 Å². The van der Waals surface area contributed by atoms with Crippen LogP contribution >= 0.6 is 22.9 Å². The van der Waals surface area contributed by atoms with Crippen molar-refractivity contribution in [2.45, 2.75) is 6.92 Å². The first-order valence-electron chi connectivity index (χ1n) is 4.99. The van der Waals surface area contributed by atoms with E-state index in [1.54, 1.807) is 18.4 Å². The molecule has 0 spiro atoms. The highest BCUT2D eigenvalue weighted by molar-refractivity contribution is 7.11. The summed E-state index contributed by atoms with van der Waals surface area (Å²) in [5, 5.41) is 13.4. The minimum Gasteiger partial charge on any atom is -0.384 e. The molecule has 0 aromatic carbocycles. The molecule has 0 aliphatic heterocycles. The average Bonchev–Trinajstić information content (AvgIpc) is 2.96. The first-order chi connectivity index (χ1) is 8.69. The highest BCUT2D eigenvalue weighted by Gasteiger charge is 2.10. The molecule has 0 aliphatic carbocycles. The summed E-state index contributed by atoms with van der Waals surface area (Å²) in [4.78, 5) is 16.6. The minimum atomic E-state index is -0.237. The third kappa shape index (κ3) is 3.13. The second-order valence-corrected chi connectivity index (χ2v) is 4.92. The van der Waals surface area contributed by atoms with Crippen molar-refractivity contribution in [2.24, 2.45) is 0 Å². The highest BCUT2D eigenvalue weighted by atomic mass is 32.1. The Kier molecular flexibility index (Phi) is 4.04. The van der Waals surface area contributed by atoms with Gasteiger partial charge in [0.1, 0.15) is 12.4 Å². The van der Waals surface area contributed by atoms with E-state index in [4.69, 9.17) is 5.11 Å². The molecule has 0 radical (unpaired) electrons. The van der Waals surface area contributed by atoms with Gasteiger partial charge in [0.25, 0.3) is 5.91 Å². The van der Waals surface area contributed by atoms with Crippen LogP contribution in [0.15, 0.2) is 11.4 Å². The molecule has 1 amide bonds. The van der Waals surface area contributed by atoms with Gasteiger partial charge in [0.15, 0.2) is 0 Å². The molecule has 0 atom stereocenters. The lowest BCUT2D eigenvalue weighted by molar-refractivity contribution is 0.102. The average molecular weight is 279 g/mol. The van der Waals surface area contributed by atoms with Crippen molar-refractivity contribution in [1.82, 2.24) is 9.36 Å². The van der Waals surface area contributed by atoms with E-state index in [1.807, 2.05) is 0 Å². The molecule has 0 saturated heterocycles. The summed E-state index contributed by atoms with van der Waals surface area (Å²) < 4.78 is 3.98. The molecule has 2 N–H and O–H groups in total. The van der Waals surface area contributed by atoms with Gasteiger partial charge in [-0.25, -0.2) is 4.98 Å². The van der Waals surface area contributed by atoms with Gasteiger partial charge >= 0.3 is 0 Å². The number of hydrogen-bond acceptors (Lipinski definition) is 6. The zero-order valence-electron chi connectivity index (χ0n) is 9.43. The van der Waals surface area contributed by atoms with Gasteiger partial charge in [-0.3, -0.25) is 10.1 Å². The van der Waals surface area contributed by atoms with Crippen molar-refractivity contribution in [1.29, 1.82) is 0 Å². The molecule has 0 bridgehead atoms. The topological polar surface area (TPSA) is 75.1 Å². The maximum atomic E-state index is 11.8. The van der Waals surface area contributed by atoms with Crippen LogP contribution in [0.1, 0.15) is 21.1 Å².